The maximum atomic E-state index is 12.8. The van der Waals surface area contributed by atoms with Gasteiger partial charge >= 0.3 is 0 Å². The zero-order chi connectivity index (χ0) is 20.6. The Balaban J connectivity index is 1.45. The average molecular weight is 419 g/mol. The van der Waals surface area contributed by atoms with E-state index in [4.69, 9.17) is 25.8 Å². The van der Waals surface area contributed by atoms with Gasteiger partial charge in [-0.1, -0.05) is 23.7 Å². The highest BCUT2D eigenvalue weighted by Crippen LogP contribution is 2.25. The van der Waals surface area contributed by atoms with Crippen molar-refractivity contribution in [2.75, 3.05) is 53.6 Å². The van der Waals surface area contributed by atoms with Crippen LogP contribution in [0.3, 0.4) is 0 Å². The van der Waals surface area contributed by atoms with Crippen molar-refractivity contribution in [1.29, 1.82) is 0 Å². The number of amides is 1. The van der Waals surface area contributed by atoms with Crippen molar-refractivity contribution < 1.29 is 19.0 Å². The fourth-order valence-electron chi connectivity index (χ4n) is 3.36. The maximum Gasteiger partial charge on any atom is 0.227 e. The Morgan fingerprint density at radius 3 is 2.45 bits per heavy atom. The zero-order valence-electron chi connectivity index (χ0n) is 16.9. The van der Waals surface area contributed by atoms with Gasteiger partial charge in [-0.15, -0.1) is 0 Å². The molecule has 156 valence electrons. The molecular weight excluding hydrogens is 392 g/mol. The molecule has 2 aromatic rings. The lowest BCUT2D eigenvalue weighted by Gasteiger charge is -2.34. The van der Waals surface area contributed by atoms with Crippen LogP contribution in [0.15, 0.2) is 42.5 Å². The molecule has 3 rings (SSSR count). The van der Waals surface area contributed by atoms with E-state index in [-0.39, 0.29) is 5.91 Å². The Kier molecular flexibility index (Phi) is 7.61. The minimum atomic E-state index is 0.100. The molecule has 1 aliphatic rings. The van der Waals surface area contributed by atoms with Crippen LogP contribution in [-0.2, 0) is 11.2 Å². The predicted octanol–water partition coefficient (Wildman–Crippen LogP) is 3.12. The molecule has 2 aromatic carbocycles. The van der Waals surface area contributed by atoms with Crippen LogP contribution in [0.1, 0.15) is 5.56 Å². The van der Waals surface area contributed by atoms with E-state index in [2.05, 4.69) is 4.90 Å². The smallest absolute Gasteiger partial charge is 0.227 e. The van der Waals surface area contributed by atoms with Gasteiger partial charge in [0.05, 0.1) is 25.7 Å². The molecule has 0 spiro atoms. The molecule has 29 heavy (non-hydrogen) atoms. The molecule has 0 saturated carbocycles. The fourth-order valence-corrected chi connectivity index (χ4v) is 3.55. The van der Waals surface area contributed by atoms with Crippen molar-refractivity contribution in [3.05, 3.63) is 53.1 Å². The lowest BCUT2D eigenvalue weighted by Crippen LogP contribution is -2.50. The molecule has 0 radical (unpaired) electrons. The summed E-state index contributed by atoms with van der Waals surface area (Å²) in [6.45, 7) is 4.43. The second-order valence-corrected chi connectivity index (χ2v) is 7.26. The second-order valence-electron chi connectivity index (χ2n) is 6.86. The van der Waals surface area contributed by atoms with Crippen LogP contribution in [-0.4, -0.2) is 69.3 Å². The van der Waals surface area contributed by atoms with Crippen LogP contribution in [0, 0.1) is 0 Å². The van der Waals surface area contributed by atoms with Gasteiger partial charge in [-0.25, -0.2) is 0 Å². The summed E-state index contributed by atoms with van der Waals surface area (Å²) in [5.41, 5.74) is 0.840. The SMILES string of the molecule is COc1ccc(OC)c(CC(=O)N2CCN(CCOc3ccccc3Cl)CC2)c1. The number of para-hydroxylation sites is 1. The van der Waals surface area contributed by atoms with Gasteiger partial charge in [0, 0.05) is 38.3 Å². The van der Waals surface area contributed by atoms with E-state index in [0.717, 1.165) is 30.9 Å². The molecule has 1 fully saturated rings. The Morgan fingerprint density at radius 1 is 1.00 bits per heavy atom. The third-order valence-corrected chi connectivity index (χ3v) is 5.37. The van der Waals surface area contributed by atoms with Crippen LogP contribution >= 0.6 is 11.6 Å². The van der Waals surface area contributed by atoms with Gasteiger partial charge in [0.1, 0.15) is 23.9 Å². The van der Waals surface area contributed by atoms with Gasteiger partial charge in [-0.3, -0.25) is 9.69 Å². The molecule has 0 aromatic heterocycles. The normalized spacial score (nSPS) is 14.5. The summed E-state index contributed by atoms with van der Waals surface area (Å²) in [6.07, 6.45) is 0.302. The third-order valence-electron chi connectivity index (χ3n) is 5.06. The van der Waals surface area contributed by atoms with Crippen molar-refractivity contribution >= 4 is 17.5 Å². The van der Waals surface area contributed by atoms with Crippen LogP contribution in [0.25, 0.3) is 0 Å². The van der Waals surface area contributed by atoms with Gasteiger partial charge in [0.2, 0.25) is 5.91 Å². The molecule has 7 heteroatoms. The summed E-state index contributed by atoms with van der Waals surface area (Å²) >= 11 is 6.11. The number of rotatable bonds is 8. The highest BCUT2D eigenvalue weighted by Gasteiger charge is 2.22. The molecule has 0 aliphatic carbocycles. The number of carbonyl (C=O) groups is 1. The molecule has 1 aliphatic heterocycles. The number of carbonyl (C=O) groups excluding carboxylic acids is 1. The molecule has 0 unspecified atom stereocenters. The summed E-state index contributed by atoms with van der Waals surface area (Å²) < 4.78 is 16.4. The minimum Gasteiger partial charge on any atom is -0.497 e. The first-order valence-corrected chi connectivity index (χ1v) is 10.1. The van der Waals surface area contributed by atoms with Gasteiger partial charge in [0.25, 0.3) is 0 Å². The molecule has 1 amide bonds. The number of hydrogen-bond acceptors (Lipinski definition) is 5. The maximum absolute atomic E-state index is 12.8. The summed E-state index contributed by atoms with van der Waals surface area (Å²) in [7, 11) is 3.22. The summed E-state index contributed by atoms with van der Waals surface area (Å²) in [6, 6.07) is 13.0. The molecule has 6 nitrogen and oxygen atoms in total. The highest BCUT2D eigenvalue weighted by atomic mass is 35.5. The summed E-state index contributed by atoms with van der Waals surface area (Å²) in [5.74, 6) is 2.23. The van der Waals surface area contributed by atoms with Gasteiger partial charge in [-0.2, -0.15) is 0 Å². The standard InChI is InChI=1S/C22H27ClN2O4/c1-27-18-7-8-20(28-2)17(15-18)16-22(26)25-11-9-24(10-12-25)13-14-29-21-6-4-3-5-19(21)23/h3-8,15H,9-14,16H2,1-2H3. The molecular formula is C22H27ClN2O4. The van der Waals surface area contributed by atoms with E-state index in [1.807, 2.05) is 47.4 Å². The van der Waals surface area contributed by atoms with E-state index in [1.165, 1.54) is 0 Å². The van der Waals surface area contributed by atoms with Crippen LogP contribution in [0.4, 0.5) is 0 Å². The number of methoxy groups -OCH3 is 2. The number of halogens is 1. The Bertz CT molecular complexity index is 822. The monoisotopic (exact) mass is 418 g/mol. The summed E-state index contributed by atoms with van der Waals surface area (Å²) in [4.78, 5) is 17.0. The fraction of sp³-hybridized carbons (Fsp3) is 0.409. The van der Waals surface area contributed by atoms with E-state index in [1.54, 1.807) is 14.2 Å². The van der Waals surface area contributed by atoms with E-state index >= 15 is 0 Å². The first-order valence-electron chi connectivity index (χ1n) is 9.69. The van der Waals surface area contributed by atoms with Crippen LogP contribution < -0.4 is 14.2 Å². The zero-order valence-corrected chi connectivity index (χ0v) is 17.7. The quantitative estimate of drug-likeness (QED) is 0.659. The lowest BCUT2D eigenvalue weighted by molar-refractivity contribution is -0.132. The highest BCUT2D eigenvalue weighted by molar-refractivity contribution is 6.32. The average Bonchev–Trinajstić information content (AvgIpc) is 2.75. The third kappa shape index (κ3) is 5.78. The number of piperazine rings is 1. The van der Waals surface area contributed by atoms with Crippen LogP contribution in [0.5, 0.6) is 17.2 Å². The van der Waals surface area contributed by atoms with E-state index in [9.17, 15) is 4.79 Å². The topological polar surface area (TPSA) is 51.2 Å². The van der Waals surface area contributed by atoms with E-state index in [0.29, 0.717) is 42.6 Å². The minimum absolute atomic E-state index is 0.100. The Morgan fingerprint density at radius 2 is 1.76 bits per heavy atom. The first kappa shape index (κ1) is 21.3. The predicted molar refractivity (Wildman–Crippen MR) is 113 cm³/mol. The van der Waals surface area contributed by atoms with Crippen molar-refractivity contribution in [1.82, 2.24) is 9.80 Å². The van der Waals surface area contributed by atoms with Crippen LogP contribution in [0.2, 0.25) is 5.02 Å². The van der Waals surface area contributed by atoms with Crippen molar-refractivity contribution in [2.24, 2.45) is 0 Å². The second kappa shape index (κ2) is 10.4. The van der Waals surface area contributed by atoms with Gasteiger partial charge in [-0.05, 0) is 30.3 Å². The molecule has 0 N–H and O–H groups in total. The van der Waals surface area contributed by atoms with Gasteiger partial charge < -0.3 is 19.1 Å². The van der Waals surface area contributed by atoms with Gasteiger partial charge in [0.15, 0.2) is 0 Å². The molecule has 0 bridgehead atoms. The largest absolute Gasteiger partial charge is 0.497 e. The number of hydrogen-bond donors (Lipinski definition) is 0. The number of nitrogens with zero attached hydrogens (tertiary/aromatic N) is 2. The molecule has 1 heterocycles. The first-order chi connectivity index (χ1) is 14.1. The van der Waals surface area contributed by atoms with Crippen molar-refractivity contribution in [2.45, 2.75) is 6.42 Å². The molecule has 1 saturated heterocycles. The number of ether oxygens (including phenoxy) is 3. The lowest BCUT2D eigenvalue weighted by atomic mass is 10.1. The number of benzene rings is 2. The molecule has 0 atom stereocenters. The Labute approximate surface area is 176 Å². The van der Waals surface area contributed by atoms with E-state index < -0.39 is 0 Å². The Hall–Kier alpha value is -2.44. The van der Waals surface area contributed by atoms with Crippen molar-refractivity contribution in [3.63, 3.8) is 0 Å². The summed E-state index contributed by atoms with van der Waals surface area (Å²) in [5, 5.41) is 0.621. The van der Waals surface area contributed by atoms with Crippen molar-refractivity contribution in [3.8, 4) is 17.2 Å².